The normalized spacial score (nSPS) is 14.2. The van der Waals surface area contributed by atoms with Crippen molar-refractivity contribution in [2.75, 3.05) is 26.3 Å². The number of morpholine rings is 1. The molecule has 0 aliphatic carbocycles. The molecule has 0 bridgehead atoms. The van der Waals surface area contributed by atoms with Gasteiger partial charge in [-0.05, 0) is 17.7 Å². The van der Waals surface area contributed by atoms with Crippen LogP contribution in [0.5, 0.6) is 0 Å². The molecule has 0 saturated carbocycles. The van der Waals surface area contributed by atoms with Crippen molar-refractivity contribution in [2.45, 2.75) is 6.61 Å². The molecule has 0 N–H and O–H groups in total. The van der Waals surface area contributed by atoms with E-state index in [1.165, 1.54) is 0 Å². The number of ether oxygens (including phenoxy) is 2. The van der Waals surface area contributed by atoms with Crippen molar-refractivity contribution in [3.8, 4) is 0 Å². The summed E-state index contributed by atoms with van der Waals surface area (Å²) in [4.78, 5) is 26.8. The highest BCUT2D eigenvalue weighted by Crippen LogP contribution is 2.15. The smallest absolute Gasteiger partial charge is 0.339 e. The first-order valence-corrected chi connectivity index (χ1v) is 7.93. The van der Waals surface area contributed by atoms with E-state index in [9.17, 15) is 9.59 Å². The van der Waals surface area contributed by atoms with Gasteiger partial charge in [-0.25, -0.2) is 4.79 Å². The lowest BCUT2D eigenvalue weighted by molar-refractivity contribution is 0.0297. The Morgan fingerprint density at radius 2 is 1.54 bits per heavy atom. The zero-order valence-corrected chi connectivity index (χ0v) is 13.3. The zero-order valence-electron chi connectivity index (χ0n) is 13.3. The molecule has 1 aliphatic rings. The van der Waals surface area contributed by atoms with E-state index in [4.69, 9.17) is 9.47 Å². The standard InChI is InChI=1S/C19H19NO4/c21-18(20-10-12-23-13-11-20)16-8-4-5-9-17(16)19(22)24-14-15-6-2-1-3-7-15/h1-9H,10-14H2. The van der Waals surface area contributed by atoms with E-state index in [-0.39, 0.29) is 12.5 Å². The van der Waals surface area contributed by atoms with E-state index in [0.717, 1.165) is 5.56 Å². The lowest BCUT2D eigenvalue weighted by atomic mass is 10.1. The summed E-state index contributed by atoms with van der Waals surface area (Å²) in [5.41, 5.74) is 1.57. The number of carbonyl (C=O) groups is 2. The van der Waals surface area contributed by atoms with Gasteiger partial charge in [0.15, 0.2) is 0 Å². The van der Waals surface area contributed by atoms with Crippen molar-refractivity contribution in [1.82, 2.24) is 4.90 Å². The quantitative estimate of drug-likeness (QED) is 0.811. The molecule has 0 aromatic heterocycles. The van der Waals surface area contributed by atoms with Crippen LogP contribution < -0.4 is 0 Å². The van der Waals surface area contributed by atoms with Gasteiger partial charge in [-0.3, -0.25) is 4.79 Å². The molecule has 0 spiro atoms. The maximum Gasteiger partial charge on any atom is 0.339 e. The van der Waals surface area contributed by atoms with Crippen molar-refractivity contribution in [3.63, 3.8) is 0 Å². The second kappa shape index (κ2) is 7.75. The summed E-state index contributed by atoms with van der Waals surface area (Å²) in [7, 11) is 0. The minimum atomic E-state index is -0.490. The maximum absolute atomic E-state index is 12.7. The molecule has 24 heavy (non-hydrogen) atoms. The van der Waals surface area contributed by atoms with Crippen molar-refractivity contribution >= 4 is 11.9 Å². The first kappa shape index (κ1) is 16.2. The number of rotatable bonds is 4. The highest BCUT2D eigenvalue weighted by atomic mass is 16.5. The number of hydrogen-bond acceptors (Lipinski definition) is 4. The molecule has 3 rings (SSSR count). The van der Waals surface area contributed by atoms with Gasteiger partial charge < -0.3 is 14.4 Å². The van der Waals surface area contributed by atoms with Gasteiger partial charge in [-0.15, -0.1) is 0 Å². The Morgan fingerprint density at radius 3 is 2.25 bits per heavy atom. The average Bonchev–Trinajstić information content (AvgIpc) is 2.67. The average molecular weight is 325 g/mol. The Hall–Kier alpha value is -2.66. The number of nitrogens with zero attached hydrogens (tertiary/aromatic N) is 1. The van der Waals surface area contributed by atoms with E-state index < -0.39 is 5.97 Å². The van der Waals surface area contributed by atoms with E-state index in [1.54, 1.807) is 29.2 Å². The summed E-state index contributed by atoms with van der Waals surface area (Å²) in [5, 5.41) is 0. The van der Waals surface area contributed by atoms with Crippen LogP contribution in [0, 0.1) is 0 Å². The molecule has 5 heteroatoms. The van der Waals surface area contributed by atoms with Crippen LogP contribution in [0.3, 0.4) is 0 Å². The largest absolute Gasteiger partial charge is 0.457 e. The predicted molar refractivity (Wildman–Crippen MR) is 88.7 cm³/mol. The van der Waals surface area contributed by atoms with Crippen molar-refractivity contribution < 1.29 is 19.1 Å². The third kappa shape index (κ3) is 3.81. The summed E-state index contributed by atoms with van der Waals surface area (Å²) in [6, 6.07) is 16.2. The van der Waals surface area contributed by atoms with Crippen molar-refractivity contribution in [3.05, 3.63) is 71.3 Å². The lowest BCUT2D eigenvalue weighted by Gasteiger charge is -2.27. The van der Waals surface area contributed by atoms with Crippen molar-refractivity contribution in [2.24, 2.45) is 0 Å². The van der Waals surface area contributed by atoms with Gasteiger partial charge in [-0.2, -0.15) is 0 Å². The third-order valence-electron chi connectivity index (χ3n) is 3.89. The van der Waals surface area contributed by atoms with E-state index in [1.807, 2.05) is 30.3 Å². The zero-order chi connectivity index (χ0) is 16.8. The summed E-state index contributed by atoms with van der Waals surface area (Å²) < 4.78 is 10.6. The van der Waals surface area contributed by atoms with Crippen LogP contribution in [0.1, 0.15) is 26.3 Å². The highest BCUT2D eigenvalue weighted by molar-refractivity contribution is 6.05. The lowest BCUT2D eigenvalue weighted by Crippen LogP contribution is -2.41. The second-order valence-electron chi connectivity index (χ2n) is 5.51. The molecule has 5 nitrogen and oxygen atoms in total. The molecule has 2 aromatic carbocycles. The molecule has 0 atom stereocenters. The van der Waals surface area contributed by atoms with Gasteiger partial charge in [0.25, 0.3) is 5.91 Å². The van der Waals surface area contributed by atoms with E-state index >= 15 is 0 Å². The number of amides is 1. The van der Waals surface area contributed by atoms with Crippen LogP contribution >= 0.6 is 0 Å². The summed E-state index contributed by atoms with van der Waals surface area (Å²) >= 11 is 0. The van der Waals surface area contributed by atoms with Gasteiger partial charge in [0, 0.05) is 13.1 Å². The fourth-order valence-electron chi connectivity index (χ4n) is 2.59. The van der Waals surface area contributed by atoms with Crippen LogP contribution in [0.15, 0.2) is 54.6 Å². The highest BCUT2D eigenvalue weighted by Gasteiger charge is 2.23. The minimum Gasteiger partial charge on any atom is -0.457 e. The molecular weight excluding hydrogens is 306 g/mol. The number of carbonyl (C=O) groups excluding carboxylic acids is 2. The Morgan fingerprint density at radius 1 is 0.917 bits per heavy atom. The molecule has 0 unspecified atom stereocenters. The second-order valence-corrected chi connectivity index (χ2v) is 5.51. The molecule has 1 amide bonds. The van der Waals surface area contributed by atoms with Crippen LogP contribution in [0.25, 0.3) is 0 Å². The molecule has 1 aliphatic heterocycles. The SMILES string of the molecule is O=C(OCc1ccccc1)c1ccccc1C(=O)N1CCOCC1. The summed E-state index contributed by atoms with van der Waals surface area (Å²) in [6.07, 6.45) is 0. The fraction of sp³-hybridized carbons (Fsp3) is 0.263. The first-order valence-electron chi connectivity index (χ1n) is 7.93. The Balaban J connectivity index is 1.73. The van der Waals surface area contributed by atoms with Crippen LogP contribution in [0.2, 0.25) is 0 Å². The van der Waals surface area contributed by atoms with E-state index in [0.29, 0.717) is 37.4 Å². The Kier molecular flexibility index (Phi) is 5.23. The van der Waals surface area contributed by atoms with Crippen LogP contribution in [0.4, 0.5) is 0 Å². The number of hydrogen-bond donors (Lipinski definition) is 0. The Labute approximate surface area is 140 Å². The number of esters is 1. The van der Waals surface area contributed by atoms with Gasteiger partial charge in [0.1, 0.15) is 6.61 Å². The topological polar surface area (TPSA) is 55.8 Å². The minimum absolute atomic E-state index is 0.162. The molecule has 124 valence electrons. The summed E-state index contributed by atoms with van der Waals surface area (Å²) in [5.74, 6) is -0.651. The third-order valence-corrected chi connectivity index (χ3v) is 3.89. The molecular formula is C19H19NO4. The number of benzene rings is 2. The molecule has 0 radical (unpaired) electrons. The fourth-order valence-corrected chi connectivity index (χ4v) is 2.59. The molecule has 1 fully saturated rings. The molecule has 1 heterocycles. The van der Waals surface area contributed by atoms with Crippen LogP contribution in [-0.4, -0.2) is 43.1 Å². The molecule has 1 saturated heterocycles. The maximum atomic E-state index is 12.7. The molecule has 2 aromatic rings. The van der Waals surface area contributed by atoms with Gasteiger partial charge in [0.2, 0.25) is 0 Å². The van der Waals surface area contributed by atoms with Gasteiger partial charge >= 0.3 is 5.97 Å². The Bertz CT molecular complexity index is 708. The van der Waals surface area contributed by atoms with Gasteiger partial charge in [0.05, 0.1) is 24.3 Å². The van der Waals surface area contributed by atoms with Gasteiger partial charge in [-0.1, -0.05) is 42.5 Å². The first-order chi connectivity index (χ1) is 11.8. The van der Waals surface area contributed by atoms with Crippen LogP contribution in [-0.2, 0) is 16.1 Å². The summed E-state index contributed by atoms with van der Waals surface area (Å²) in [6.45, 7) is 2.29. The monoisotopic (exact) mass is 325 g/mol. The van der Waals surface area contributed by atoms with E-state index in [2.05, 4.69) is 0 Å². The van der Waals surface area contributed by atoms with Crippen molar-refractivity contribution in [1.29, 1.82) is 0 Å². The predicted octanol–water partition coefficient (Wildman–Crippen LogP) is 2.52.